The molecule has 0 aliphatic carbocycles. The molecule has 0 radical (unpaired) electrons. The van der Waals surface area contributed by atoms with Gasteiger partial charge in [-0.2, -0.15) is 5.10 Å². The van der Waals surface area contributed by atoms with Gasteiger partial charge in [-0.1, -0.05) is 0 Å². The van der Waals surface area contributed by atoms with Crippen LogP contribution in [0.15, 0.2) is 12.3 Å². The molecule has 0 aliphatic heterocycles. The predicted octanol–water partition coefficient (Wildman–Crippen LogP) is 2.40. The Balaban J connectivity index is 2.96. The lowest BCUT2D eigenvalue weighted by molar-refractivity contribution is 0.137. The molecule has 0 fully saturated rings. The third-order valence-corrected chi connectivity index (χ3v) is 1.41. The summed E-state index contributed by atoms with van der Waals surface area (Å²) in [4.78, 5) is 0. The molecule has 1 rings (SSSR count). The second-order valence-electron chi connectivity index (χ2n) is 2.60. The number of halogens is 2. The molecule has 0 spiro atoms. The first kappa shape index (κ1) is 8.17. The highest BCUT2D eigenvalue weighted by Gasteiger charge is 2.14. The van der Waals surface area contributed by atoms with E-state index in [1.54, 1.807) is 0 Å². The van der Waals surface area contributed by atoms with Crippen LogP contribution < -0.4 is 0 Å². The zero-order valence-corrected chi connectivity index (χ0v) is 6.46. The summed E-state index contributed by atoms with van der Waals surface area (Å²) in [6.45, 7) is 3.64. The van der Waals surface area contributed by atoms with E-state index >= 15 is 0 Å². The molecule has 0 saturated carbocycles. The second kappa shape index (κ2) is 2.98. The number of aromatic nitrogens is 2. The van der Waals surface area contributed by atoms with Gasteiger partial charge in [-0.25, -0.2) is 8.78 Å². The van der Waals surface area contributed by atoms with Crippen LogP contribution in [0, 0.1) is 0 Å². The van der Waals surface area contributed by atoms with Crippen molar-refractivity contribution in [1.29, 1.82) is 0 Å². The second-order valence-corrected chi connectivity index (χ2v) is 2.60. The lowest BCUT2D eigenvalue weighted by atomic mass is 10.3. The summed E-state index contributed by atoms with van der Waals surface area (Å²) in [5.74, 6) is 0. The minimum absolute atomic E-state index is 0.00556. The van der Waals surface area contributed by atoms with Crippen molar-refractivity contribution in [2.24, 2.45) is 0 Å². The van der Waals surface area contributed by atoms with Crippen LogP contribution in [-0.4, -0.2) is 9.78 Å². The number of hydrogen-bond donors (Lipinski definition) is 0. The van der Waals surface area contributed by atoms with E-state index in [0.717, 1.165) is 0 Å². The van der Waals surface area contributed by atoms with Gasteiger partial charge in [-0.3, -0.25) is 4.68 Å². The molecule has 0 aliphatic rings. The Morgan fingerprint density at radius 3 is 2.45 bits per heavy atom. The fraction of sp³-hybridized carbons (Fsp3) is 0.571. The molecule has 1 aromatic rings. The number of nitrogens with zero attached hydrogens (tertiary/aromatic N) is 2. The summed E-state index contributed by atoms with van der Waals surface area (Å²) in [7, 11) is 0. The minimum Gasteiger partial charge on any atom is -0.261 e. The molecule has 0 unspecified atom stereocenters. The maximum atomic E-state index is 12.2. The smallest absolute Gasteiger partial charge is 0.261 e. The van der Waals surface area contributed by atoms with Gasteiger partial charge in [0.25, 0.3) is 6.43 Å². The molecule has 0 amide bonds. The van der Waals surface area contributed by atoms with Crippen LogP contribution in [0.5, 0.6) is 0 Å². The van der Waals surface area contributed by atoms with Crippen molar-refractivity contribution < 1.29 is 8.78 Å². The lowest BCUT2D eigenvalue weighted by Gasteiger charge is -2.09. The van der Waals surface area contributed by atoms with Gasteiger partial charge >= 0.3 is 0 Å². The highest BCUT2D eigenvalue weighted by Crippen LogP contribution is 2.20. The van der Waals surface area contributed by atoms with Crippen molar-refractivity contribution in [3.05, 3.63) is 18.0 Å². The van der Waals surface area contributed by atoms with Gasteiger partial charge in [0.1, 0.15) is 5.69 Å². The van der Waals surface area contributed by atoms with Gasteiger partial charge in [-0.05, 0) is 19.9 Å². The predicted molar refractivity (Wildman–Crippen MR) is 37.6 cm³/mol. The molecule has 4 heteroatoms. The average Bonchev–Trinajstić information content (AvgIpc) is 2.32. The fourth-order valence-corrected chi connectivity index (χ4v) is 0.929. The first-order valence-corrected chi connectivity index (χ1v) is 3.44. The first-order valence-electron chi connectivity index (χ1n) is 3.44. The van der Waals surface area contributed by atoms with E-state index < -0.39 is 6.43 Å². The zero-order valence-electron chi connectivity index (χ0n) is 6.46. The van der Waals surface area contributed by atoms with Crippen LogP contribution in [0.1, 0.15) is 32.0 Å². The molecule has 1 aromatic heterocycles. The van der Waals surface area contributed by atoms with Gasteiger partial charge in [-0.15, -0.1) is 0 Å². The Hall–Kier alpha value is -0.930. The Morgan fingerprint density at radius 1 is 1.45 bits per heavy atom. The lowest BCUT2D eigenvalue weighted by Crippen LogP contribution is -2.07. The SMILES string of the molecule is CC(C)n1nccc1C(F)F. The Kier molecular flexibility index (Phi) is 2.22. The van der Waals surface area contributed by atoms with Crippen molar-refractivity contribution in [3.63, 3.8) is 0 Å². The highest BCUT2D eigenvalue weighted by atomic mass is 19.3. The Labute approximate surface area is 63.8 Å². The van der Waals surface area contributed by atoms with Crippen molar-refractivity contribution in [2.45, 2.75) is 26.3 Å². The van der Waals surface area contributed by atoms with Gasteiger partial charge < -0.3 is 0 Å². The maximum absolute atomic E-state index is 12.2. The molecule has 2 nitrogen and oxygen atoms in total. The van der Waals surface area contributed by atoms with Crippen LogP contribution in [0.4, 0.5) is 8.78 Å². The number of alkyl halides is 2. The first-order chi connectivity index (χ1) is 5.13. The number of hydrogen-bond acceptors (Lipinski definition) is 1. The zero-order chi connectivity index (χ0) is 8.43. The fourth-order valence-electron chi connectivity index (χ4n) is 0.929. The van der Waals surface area contributed by atoms with E-state index in [9.17, 15) is 8.78 Å². The highest BCUT2D eigenvalue weighted by molar-refractivity contribution is 5.02. The van der Waals surface area contributed by atoms with E-state index in [2.05, 4.69) is 5.10 Å². The van der Waals surface area contributed by atoms with Gasteiger partial charge in [0, 0.05) is 12.2 Å². The molecular weight excluding hydrogens is 150 g/mol. The topological polar surface area (TPSA) is 17.8 Å². The van der Waals surface area contributed by atoms with E-state index in [0.29, 0.717) is 0 Å². The summed E-state index contributed by atoms with van der Waals surface area (Å²) in [5.41, 5.74) is -0.0139. The summed E-state index contributed by atoms with van der Waals surface area (Å²) < 4.78 is 25.6. The van der Waals surface area contributed by atoms with Gasteiger partial charge in [0.15, 0.2) is 0 Å². The minimum atomic E-state index is -2.43. The molecule has 62 valence electrons. The molecule has 1 heterocycles. The van der Waals surface area contributed by atoms with Crippen LogP contribution in [0.25, 0.3) is 0 Å². The molecular formula is C7H10F2N2. The normalized spacial score (nSPS) is 11.5. The Bertz CT molecular complexity index is 208. The van der Waals surface area contributed by atoms with E-state index in [1.807, 2.05) is 13.8 Å². The third-order valence-electron chi connectivity index (χ3n) is 1.41. The van der Waals surface area contributed by atoms with Crippen LogP contribution in [0.3, 0.4) is 0 Å². The summed E-state index contributed by atoms with van der Waals surface area (Å²) >= 11 is 0. The summed E-state index contributed by atoms with van der Waals surface area (Å²) in [6, 6.07) is 1.33. The molecule has 0 atom stereocenters. The van der Waals surface area contributed by atoms with E-state index in [-0.39, 0.29) is 11.7 Å². The maximum Gasteiger partial charge on any atom is 0.280 e. The molecule has 0 saturated heterocycles. The van der Waals surface area contributed by atoms with Gasteiger partial charge in [0.05, 0.1) is 0 Å². The van der Waals surface area contributed by atoms with Crippen LogP contribution in [-0.2, 0) is 0 Å². The average molecular weight is 160 g/mol. The largest absolute Gasteiger partial charge is 0.280 e. The van der Waals surface area contributed by atoms with Crippen molar-refractivity contribution in [3.8, 4) is 0 Å². The van der Waals surface area contributed by atoms with Crippen LogP contribution in [0.2, 0.25) is 0 Å². The molecule has 0 N–H and O–H groups in total. The van der Waals surface area contributed by atoms with Crippen molar-refractivity contribution in [2.75, 3.05) is 0 Å². The van der Waals surface area contributed by atoms with E-state index in [4.69, 9.17) is 0 Å². The summed E-state index contributed by atoms with van der Waals surface area (Å²) in [5, 5.41) is 3.77. The Morgan fingerprint density at radius 2 is 2.09 bits per heavy atom. The summed E-state index contributed by atoms with van der Waals surface area (Å²) in [6.07, 6.45) is -1.04. The van der Waals surface area contributed by atoms with Crippen molar-refractivity contribution >= 4 is 0 Å². The third kappa shape index (κ3) is 1.56. The molecule has 11 heavy (non-hydrogen) atoms. The molecule has 0 bridgehead atoms. The van der Waals surface area contributed by atoms with Crippen molar-refractivity contribution in [1.82, 2.24) is 9.78 Å². The van der Waals surface area contributed by atoms with Gasteiger partial charge in [0.2, 0.25) is 0 Å². The monoisotopic (exact) mass is 160 g/mol. The quantitative estimate of drug-likeness (QED) is 0.649. The molecule has 0 aromatic carbocycles. The number of rotatable bonds is 2. The van der Waals surface area contributed by atoms with E-state index in [1.165, 1.54) is 16.9 Å². The standard InChI is InChI=1S/C7H10F2N2/c1-5(2)11-6(7(8)9)3-4-10-11/h3-5,7H,1-2H3. The van der Waals surface area contributed by atoms with Crippen LogP contribution >= 0.6 is 0 Å².